The summed E-state index contributed by atoms with van der Waals surface area (Å²) in [6.45, 7) is 0.475. The Hall–Kier alpha value is -0.860. The minimum atomic E-state index is 0.475. The zero-order chi connectivity index (χ0) is 6.53. The summed E-state index contributed by atoms with van der Waals surface area (Å²) in [5.41, 5.74) is 0. The maximum absolute atomic E-state index is 12.3. The van der Waals surface area contributed by atoms with Crippen molar-refractivity contribution in [2.24, 2.45) is 4.99 Å². The molecular formula is C6H9FN2. The molecule has 0 saturated heterocycles. The SMILES string of the molecule is FN1/C=C\N=CCCC1. The van der Waals surface area contributed by atoms with Crippen molar-refractivity contribution in [1.29, 1.82) is 0 Å². The van der Waals surface area contributed by atoms with E-state index in [4.69, 9.17) is 0 Å². The number of hydrogen-bond acceptors (Lipinski definition) is 2. The summed E-state index contributed by atoms with van der Waals surface area (Å²) in [7, 11) is 0. The highest BCUT2D eigenvalue weighted by Crippen LogP contribution is 1.98. The molecule has 50 valence electrons. The van der Waals surface area contributed by atoms with Crippen LogP contribution in [0.5, 0.6) is 0 Å². The van der Waals surface area contributed by atoms with Crippen LogP contribution in [0.15, 0.2) is 17.4 Å². The molecule has 1 heterocycles. The topological polar surface area (TPSA) is 15.6 Å². The maximum Gasteiger partial charge on any atom is 0.0509 e. The van der Waals surface area contributed by atoms with Gasteiger partial charge >= 0.3 is 0 Å². The van der Waals surface area contributed by atoms with Gasteiger partial charge in [0.1, 0.15) is 0 Å². The molecule has 1 aliphatic heterocycles. The molecule has 0 amide bonds. The van der Waals surface area contributed by atoms with Gasteiger partial charge in [-0.3, -0.25) is 4.99 Å². The molecule has 0 spiro atoms. The van der Waals surface area contributed by atoms with Gasteiger partial charge in [0.15, 0.2) is 0 Å². The van der Waals surface area contributed by atoms with E-state index >= 15 is 0 Å². The Labute approximate surface area is 53.6 Å². The van der Waals surface area contributed by atoms with Crippen LogP contribution in [-0.2, 0) is 0 Å². The van der Waals surface area contributed by atoms with Gasteiger partial charge < -0.3 is 0 Å². The van der Waals surface area contributed by atoms with Crippen molar-refractivity contribution in [3.63, 3.8) is 0 Å². The molecule has 0 aliphatic carbocycles. The number of hydrogen-bond donors (Lipinski definition) is 0. The third-order valence-electron chi connectivity index (χ3n) is 1.12. The highest BCUT2D eigenvalue weighted by molar-refractivity contribution is 5.57. The molecule has 3 heteroatoms. The maximum atomic E-state index is 12.3. The zero-order valence-electron chi connectivity index (χ0n) is 5.13. The van der Waals surface area contributed by atoms with Crippen LogP contribution in [0.1, 0.15) is 12.8 Å². The standard InChI is InChI=1S/C6H9FN2/c7-9-5-2-1-3-8-4-6-9/h3-4,6H,1-2,5H2/b6-4-,8-3?. The van der Waals surface area contributed by atoms with Crippen molar-refractivity contribution >= 4 is 6.21 Å². The van der Waals surface area contributed by atoms with Crippen molar-refractivity contribution in [2.75, 3.05) is 6.54 Å². The van der Waals surface area contributed by atoms with Crippen LogP contribution in [0.2, 0.25) is 0 Å². The smallest absolute Gasteiger partial charge is 0.0509 e. The Morgan fingerprint density at radius 3 is 3.33 bits per heavy atom. The lowest BCUT2D eigenvalue weighted by Crippen LogP contribution is -2.07. The molecule has 0 unspecified atom stereocenters. The third-order valence-corrected chi connectivity index (χ3v) is 1.12. The average Bonchev–Trinajstić information content (AvgIpc) is 1.79. The molecule has 0 aromatic heterocycles. The minimum Gasteiger partial charge on any atom is -0.267 e. The monoisotopic (exact) mass is 128 g/mol. The van der Waals surface area contributed by atoms with Gasteiger partial charge in [0, 0.05) is 12.4 Å². The number of aliphatic imine (C=N–C) groups is 1. The summed E-state index contributed by atoms with van der Waals surface area (Å²) in [6.07, 6.45) is 6.29. The van der Waals surface area contributed by atoms with Crippen LogP contribution in [0.4, 0.5) is 4.48 Å². The molecule has 0 bridgehead atoms. The molecule has 0 aromatic carbocycles. The Balaban J connectivity index is 2.44. The Morgan fingerprint density at radius 2 is 2.44 bits per heavy atom. The molecule has 1 aliphatic rings. The summed E-state index contributed by atoms with van der Waals surface area (Å²) in [5, 5.41) is 0.649. The van der Waals surface area contributed by atoms with Gasteiger partial charge in [-0.2, -0.15) is 0 Å². The van der Waals surface area contributed by atoms with Crippen LogP contribution >= 0.6 is 0 Å². The van der Waals surface area contributed by atoms with E-state index in [2.05, 4.69) is 4.99 Å². The lowest BCUT2D eigenvalue weighted by Gasteiger charge is -2.06. The first-order valence-corrected chi connectivity index (χ1v) is 3.00. The second-order valence-corrected chi connectivity index (χ2v) is 1.90. The average molecular weight is 128 g/mol. The van der Waals surface area contributed by atoms with Crippen molar-refractivity contribution in [3.05, 3.63) is 12.4 Å². The first-order valence-electron chi connectivity index (χ1n) is 3.00. The first kappa shape index (κ1) is 6.26. The van der Waals surface area contributed by atoms with Crippen molar-refractivity contribution < 1.29 is 4.48 Å². The zero-order valence-corrected chi connectivity index (χ0v) is 5.13. The summed E-state index contributed by atoms with van der Waals surface area (Å²) < 4.78 is 12.3. The van der Waals surface area contributed by atoms with E-state index < -0.39 is 0 Å². The van der Waals surface area contributed by atoms with E-state index in [-0.39, 0.29) is 0 Å². The van der Waals surface area contributed by atoms with E-state index in [9.17, 15) is 4.48 Å². The van der Waals surface area contributed by atoms with Crippen LogP contribution in [0.3, 0.4) is 0 Å². The summed E-state index contributed by atoms with van der Waals surface area (Å²) >= 11 is 0. The molecule has 0 aromatic rings. The summed E-state index contributed by atoms with van der Waals surface area (Å²) in [6, 6.07) is 0. The molecule has 0 N–H and O–H groups in total. The molecule has 9 heavy (non-hydrogen) atoms. The van der Waals surface area contributed by atoms with Crippen molar-refractivity contribution in [1.82, 2.24) is 5.12 Å². The largest absolute Gasteiger partial charge is 0.267 e. The quantitative estimate of drug-likeness (QED) is 0.451. The fraction of sp³-hybridized carbons (Fsp3) is 0.500. The normalized spacial score (nSPS) is 23.0. The van der Waals surface area contributed by atoms with Crippen LogP contribution in [0, 0.1) is 0 Å². The third kappa shape index (κ3) is 2.26. The second-order valence-electron chi connectivity index (χ2n) is 1.90. The second kappa shape index (κ2) is 3.22. The van der Waals surface area contributed by atoms with E-state index in [1.165, 1.54) is 12.4 Å². The van der Waals surface area contributed by atoms with Crippen LogP contribution in [-0.4, -0.2) is 17.9 Å². The van der Waals surface area contributed by atoms with Gasteiger partial charge in [-0.25, -0.2) is 5.12 Å². The molecule has 0 atom stereocenters. The predicted octanol–water partition coefficient (Wildman–Crippen LogP) is 1.51. The van der Waals surface area contributed by atoms with Crippen LogP contribution < -0.4 is 0 Å². The van der Waals surface area contributed by atoms with E-state index in [0.29, 0.717) is 11.7 Å². The lowest BCUT2D eigenvalue weighted by atomic mass is 10.3. The van der Waals surface area contributed by atoms with Gasteiger partial charge in [0.2, 0.25) is 0 Å². The van der Waals surface area contributed by atoms with Crippen LogP contribution in [0.25, 0.3) is 0 Å². The summed E-state index contributed by atoms with van der Waals surface area (Å²) in [4.78, 5) is 3.79. The molecule has 0 radical (unpaired) electrons. The number of halogens is 1. The molecule has 1 rings (SSSR count). The number of nitrogens with zero attached hydrogens (tertiary/aromatic N) is 2. The molecule has 0 fully saturated rings. The highest BCUT2D eigenvalue weighted by atomic mass is 19.2. The summed E-state index contributed by atoms with van der Waals surface area (Å²) in [5.74, 6) is 0. The van der Waals surface area contributed by atoms with Gasteiger partial charge in [-0.05, 0) is 12.8 Å². The lowest BCUT2D eigenvalue weighted by molar-refractivity contribution is 0.0881. The minimum absolute atomic E-state index is 0.475. The fourth-order valence-corrected chi connectivity index (χ4v) is 0.654. The molecule has 2 nitrogen and oxygen atoms in total. The van der Waals surface area contributed by atoms with Crippen molar-refractivity contribution in [2.45, 2.75) is 12.8 Å². The van der Waals surface area contributed by atoms with E-state index in [1.54, 1.807) is 6.21 Å². The van der Waals surface area contributed by atoms with Gasteiger partial charge in [-0.15, -0.1) is 4.48 Å². The number of rotatable bonds is 0. The first-order chi connectivity index (χ1) is 4.39. The van der Waals surface area contributed by atoms with E-state index in [1.807, 2.05) is 0 Å². The predicted molar refractivity (Wildman–Crippen MR) is 34.7 cm³/mol. The van der Waals surface area contributed by atoms with Crippen molar-refractivity contribution in [3.8, 4) is 0 Å². The Morgan fingerprint density at radius 1 is 1.56 bits per heavy atom. The Kier molecular flexibility index (Phi) is 2.24. The fourth-order valence-electron chi connectivity index (χ4n) is 0.654. The molecular weight excluding hydrogens is 119 g/mol. The van der Waals surface area contributed by atoms with E-state index in [0.717, 1.165) is 12.8 Å². The molecule has 0 saturated carbocycles. The Bertz CT molecular complexity index is 131. The van der Waals surface area contributed by atoms with Gasteiger partial charge in [-0.1, -0.05) is 0 Å². The van der Waals surface area contributed by atoms with Gasteiger partial charge in [0.25, 0.3) is 0 Å². The van der Waals surface area contributed by atoms with Gasteiger partial charge in [0.05, 0.1) is 12.7 Å². The highest BCUT2D eigenvalue weighted by Gasteiger charge is 1.94.